The van der Waals surface area contributed by atoms with E-state index in [0.29, 0.717) is 5.92 Å². The van der Waals surface area contributed by atoms with E-state index in [9.17, 15) is 0 Å². The Bertz CT molecular complexity index is 354. The highest BCUT2D eigenvalue weighted by atomic mass is 15.1. The summed E-state index contributed by atoms with van der Waals surface area (Å²) in [4.78, 5) is 8.59. The van der Waals surface area contributed by atoms with Crippen LogP contribution in [0.1, 0.15) is 58.1 Å². The zero-order valence-corrected chi connectivity index (χ0v) is 10.5. The molecular formula is C13H21N3. The van der Waals surface area contributed by atoms with Crippen molar-refractivity contribution >= 4 is 5.82 Å². The fourth-order valence-electron chi connectivity index (χ4n) is 2.35. The summed E-state index contributed by atoms with van der Waals surface area (Å²) >= 11 is 0. The third kappa shape index (κ3) is 2.52. The summed E-state index contributed by atoms with van der Waals surface area (Å²) in [7, 11) is 0. The van der Waals surface area contributed by atoms with Gasteiger partial charge in [-0.2, -0.15) is 0 Å². The summed E-state index contributed by atoms with van der Waals surface area (Å²) < 4.78 is 0. The first kappa shape index (κ1) is 11.4. The minimum atomic E-state index is 0.239. The fourth-order valence-corrected chi connectivity index (χ4v) is 2.35. The Labute approximate surface area is 97.7 Å². The molecule has 1 aromatic heterocycles. The molecule has 1 aromatic rings. The summed E-state index contributed by atoms with van der Waals surface area (Å²) in [6, 6.07) is 2.08. The van der Waals surface area contributed by atoms with Gasteiger partial charge in [-0.25, -0.2) is 9.97 Å². The van der Waals surface area contributed by atoms with Crippen LogP contribution >= 0.6 is 0 Å². The fraction of sp³-hybridized carbons (Fsp3) is 0.692. The minimum absolute atomic E-state index is 0.239. The SMILES string of the molecule is CC(C)c1cc(NC2(C)CCCC2)ncn1. The van der Waals surface area contributed by atoms with E-state index < -0.39 is 0 Å². The lowest BCUT2D eigenvalue weighted by molar-refractivity contribution is 0.530. The largest absolute Gasteiger partial charge is 0.365 e. The molecule has 1 aliphatic carbocycles. The summed E-state index contributed by atoms with van der Waals surface area (Å²) in [6.07, 6.45) is 6.80. The lowest BCUT2D eigenvalue weighted by Gasteiger charge is -2.26. The Balaban J connectivity index is 2.12. The first-order valence-electron chi connectivity index (χ1n) is 6.19. The quantitative estimate of drug-likeness (QED) is 0.847. The Morgan fingerprint density at radius 2 is 1.94 bits per heavy atom. The number of nitrogens with one attached hydrogen (secondary N) is 1. The maximum atomic E-state index is 4.31. The van der Waals surface area contributed by atoms with Crippen LogP contribution in [0, 0.1) is 0 Å². The molecule has 1 saturated carbocycles. The van der Waals surface area contributed by atoms with Gasteiger partial charge in [0.05, 0.1) is 0 Å². The molecule has 3 heteroatoms. The van der Waals surface area contributed by atoms with Gasteiger partial charge in [0.15, 0.2) is 0 Å². The topological polar surface area (TPSA) is 37.8 Å². The van der Waals surface area contributed by atoms with Gasteiger partial charge in [-0.15, -0.1) is 0 Å². The van der Waals surface area contributed by atoms with Gasteiger partial charge in [-0.05, 0) is 25.7 Å². The van der Waals surface area contributed by atoms with E-state index in [2.05, 4.69) is 42.1 Å². The highest BCUT2D eigenvalue weighted by Crippen LogP contribution is 2.32. The molecule has 16 heavy (non-hydrogen) atoms. The Hall–Kier alpha value is -1.12. The number of anilines is 1. The minimum Gasteiger partial charge on any atom is -0.365 e. The van der Waals surface area contributed by atoms with E-state index in [-0.39, 0.29) is 5.54 Å². The molecule has 0 atom stereocenters. The molecule has 0 aliphatic heterocycles. The van der Waals surface area contributed by atoms with E-state index in [1.165, 1.54) is 25.7 Å². The maximum absolute atomic E-state index is 4.31. The third-order valence-electron chi connectivity index (χ3n) is 3.42. The first-order chi connectivity index (χ1) is 7.59. The summed E-state index contributed by atoms with van der Waals surface area (Å²) in [5.41, 5.74) is 1.35. The van der Waals surface area contributed by atoms with Gasteiger partial charge in [0.1, 0.15) is 12.1 Å². The maximum Gasteiger partial charge on any atom is 0.130 e. The predicted molar refractivity (Wildman–Crippen MR) is 66.6 cm³/mol. The van der Waals surface area contributed by atoms with E-state index in [1.807, 2.05) is 0 Å². The van der Waals surface area contributed by atoms with Crippen molar-refractivity contribution in [1.82, 2.24) is 9.97 Å². The van der Waals surface area contributed by atoms with Gasteiger partial charge in [-0.3, -0.25) is 0 Å². The highest BCUT2D eigenvalue weighted by molar-refractivity contribution is 5.38. The molecule has 1 N–H and O–H groups in total. The number of aromatic nitrogens is 2. The second kappa shape index (κ2) is 4.40. The van der Waals surface area contributed by atoms with Crippen LogP contribution in [0.25, 0.3) is 0 Å². The van der Waals surface area contributed by atoms with Gasteiger partial charge < -0.3 is 5.32 Å². The lowest BCUT2D eigenvalue weighted by Crippen LogP contribution is -2.31. The van der Waals surface area contributed by atoms with E-state index in [1.54, 1.807) is 6.33 Å². The molecule has 2 rings (SSSR count). The number of rotatable bonds is 3. The molecule has 0 bridgehead atoms. The van der Waals surface area contributed by atoms with Crippen molar-refractivity contribution in [3.05, 3.63) is 18.1 Å². The second-order valence-corrected chi connectivity index (χ2v) is 5.38. The first-order valence-corrected chi connectivity index (χ1v) is 6.19. The zero-order chi connectivity index (χ0) is 11.6. The van der Waals surface area contributed by atoms with Crippen LogP contribution in [0.2, 0.25) is 0 Å². The normalized spacial score (nSPS) is 19.0. The molecule has 1 fully saturated rings. The average molecular weight is 219 g/mol. The van der Waals surface area contributed by atoms with Crippen LogP contribution in [0.15, 0.2) is 12.4 Å². The van der Waals surface area contributed by atoms with E-state index >= 15 is 0 Å². The Kier molecular flexibility index (Phi) is 3.13. The Morgan fingerprint density at radius 1 is 1.25 bits per heavy atom. The molecule has 0 spiro atoms. The molecule has 0 unspecified atom stereocenters. The van der Waals surface area contributed by atoms with E-state index in [4.69, 9.17) is 0 Å². The van der Waals surface area contributed by atoms with Crippen molar-refractivity contribution in [2.45, 2.75) is 57.9 Å². The molecule has 1 aliphatic rings. The van der Waals surface area contributed by atoms with Gasteiger partial charge in [0, 0.05) is 17.3 Å². The number of hydrogen-bond acceptors (Lipinski definition) is 3. The monoisotopic (exact) mass is 219 g/mol. The molecule has 0 amide bonds. The van der Waals surface area contributed by atoms with Gasteiger partial charge in [-0.1, -0.05) is 26.7 Å². The molecule has 88 valence electrons. The molecule has 0 saturated heterocycles. The van der Waals surface area contributed by atoms with Crippen molar-refractivity contribution in [2.75, 3.05) is 5.32 Å². The molecule has 1 heterocycles. The van der Waals surface area contributed by atoms with Crippen molar-refractivity contribution in [3.63, 3.8) is 0 Å². The van der Waals surface area contributed by atoms with Gasteiger partial charge in [0.25, 0.3) is 0 Å². The molecule has 0 aromatic carbocycles. The van der Waals surface area contributed by atoms with Gasteiger partial charge in [0.2, 0.25) is 0 Å². The van der Waals surface area contributed by atoms with Gasteiger partial charge >= 0.3 is 0 Å². The molecular weight excluding hydrogens is 198 g/mol. The standard InChI is InChI=1S/C13H21N3/c1-10(2)11-8-12(15-9-14-11)16-13(3)6-4-5-7-13/h8-10H,4-7H2,1-3H3,(H,14,15,16). The summed E-state index contributed by atoms with van der Waals surface area (Å²) in [6.45, 7) is 6.60. The smallest absolute Gasteiger partial charge is 0.130 e. The van der Waals surface area contributed by atoms with Crippen molar-refractivity contribution in [2.24, 2.45) is 0 Å². The Morgan fingerprint density at radius 3 is 2.56 bits per heavy atom. The van der Waals surface area contributed by atoms with Crippen LogP contribution in [0.3, 0.4) is 0 Å². The lowest BCUT2D eigenvalue weighted by atomic mass is 10.0. The van der Waals surface area contributed by atoms with Crippen molar-refractivity contribution < 1.29 is 0 Å². The summed E-state index contributed by atoms with van der Waals surface area (Å²) in [5, 5.41) is 3.56. The van der Waals surface area contributed by atoms with Crippen LogP contribution in [-0.4, -0.2) is 15.5 Å². The van der Waals surface area contributed by atoms with Crippen LogP contribution in [0.5, 0.6) is 0 Å². The van der Waals surface area contributed by atoms with Crippen molar-refractivity contribution in [3.8, 4) is 0 Å². The van der Waals surface area contributed by atoms with Crippen LogP contribution in [-0.2, 0) is 0 Å². The van der Waals surface area contributed by atoms with Crippen LogP contribution < -0.4 is 5.32 Å². The number of nitrogens with zero attached hydrogens (tertiary/aromatic N) is 2. The zero-order valence-electron chi connectivity index (χ0n) is 10.5. The third-order valence-corrected chi connectivity index (χ3v) is 3.42. The molecule has 3 nitrogen and oxygen atoms in total. The summed E-state index contributed by atoms with van der Waals surface area (Å²) in [5.74, 6) is 1.43. The number of hydrogen-bond donors (Lipinski definition) is 1. The predicted octanol–water partition coefficient (Wildman–Crippen LogP) is 3.34. The van der Waals surface area contributed by atoms with Crippen LogP contribution in [0.4, 0.5) is 5.82 Å². The highest BCUT2D eigenvalue weighted by Gasteiger charge is 2.28. The van der Waals surface area contributed by atoms with E-state index in [0.717, 1.165) is 11.5 Å². The molecule has 0 radical (unpaired) electrons. The van der Waals surface area contributed by atoms with Crippen molar-refractivity contribution in [1.29, 1.82) is 0 Å². The average Bonchev–Trinajstić information content (AvgIpc) is 2.65. The second-order valence-electron chi connectivity index (χ2n) is 5.38.